The normalized spacial score (nSPS) is 24.8. The molecule has 0 aliphatic heterocycles. The first-order valence-corrected chi connectivity index (χ1v) is 7.23. The molecule has 0 aromatic carbocycles. The molecule has 1 N–H and O–H groups in total. The van der Waals surface area contributed by atoms with E-state index in [9.17, 15) is 0 Å². The van der Waals surface area contributed by atoms with E-state index in [1.807, 2.05) is 0 Å². The Hall–Kier alpha value is -0.680. The number of hydrogen-bond donors (Lipinski definition) is 1. The van der Waals surface area contributed by atoms with Gasteiger partial charge in [0.15, 0.2) is 0 Å². The summed E-state index contributed by atoms with van der Waals surface area (Å²) >= 11 is 1.41. The number of aromatic nitrogens is 2. The molecule has 1 heterocycles. The summed E-state index contributed by atoms with van der Waals surface area (Å²) < 4.78 is 9.92. The predicted octanol–water partition coefficient (Wildman–Crippen LogP) is 3.07. The molecule has 1 aromatic rings. The van der Waals surface area contributed by atoms with Crippen molar-refractivity contribution in [2.45, 2.75) is 52.2 Å². The fourth-order valence-electron chi connectivity index (χ4n) is 2.32. The molecule has 1 fully saturated rings. The lowest BCUT2D eigenvalue weighted by Crippen LogP contribution is -2.21. The SMILES string of the molecule is CCNc1snnc1COC1CCCC(C)C1. The second kappa shape index (κ2) is 6.31. The molecule has 1 aromatic heterocycles. The van der Waals surface area contributed by atoms with Gasteiger partial charge in [-0.3, -0.25) is 0 Å². The molecule has 0 radical (unpaired) electrons. The summed E-state index contributed by atoms with van der Waals surface area (Å²) in [7, 11) is 0. The van der Waals surface area contributed by atoms with Crippen molar-refractivity contribution in [3.8, 4) is 0 Å². The average molecular weight is 255 g/mol. The third-order valence-corrected chi connectivity index (χ3v) is 3.96. The van der Waals surface area contributed by atoms with Crippen LogP contribution in [0, 0.1) is 5.92 Å². The van der Waals surface area contributed by atoms with Crippen LogP contribution in [0.5, 0.6) is 0 Å². The monoisotopic (exact) mass is 255 g/mol. The van der Waals surface area contributed by atoms with Gasteiger partial charge in [-0.05, 0) is 25.7 Å². The molecule has 0 bridgehead atoms. The molecule has 1 saturated carbocycles. The molecule has 1 aliphatic carbocycles. The Morgan fingerprint density at radius 2 is 2.35 bits per heavy atom. The van der Waals surface area contributed by atoms with Crippen LogP contribution < -0.4 is 5.32 Å². The molecule has 2 atom stereocenters. The van der Waals surface area contributed by atoms with Gasteiger partial charge in [-0.25, -0.2) is 0 Å². The van der Waals surface area contributed by atoms with Gasteiger partial charge in [0, 0.05) is 18.1 Å². The zero-order valence-electron chi connectivity index (χ0n) is 10.6. The molecule has 2 rings (SSSR count). The Balaban J connectivity index is 1.82. The molecular weight excluding hydrogens is 234 g/mol. The summed E-state index contributed by atoms with van der Waals surface area (Å²) in [5.41, 5.74) is 0.954. The number of nitrogens with zero attached hydrogens (tertiary/aromatic N) is 2. The van der Waals surface area contributed by atoms with Crippen LogP contribution >= 0.6 is 11.5 Å². The van der Waals surface area contributed by atoms with E-state index in [0.717, 1.165) is 23.2 Å². The van der Waals surface area contributed by atoms with Crippen molar-refractivity contribution in [1.82, 2.24) is 9.59 Å². The van der Waals surface area contributed by atoms with E-state index in [1.165, 1.54) is 37.2 Å². The standard InChI is InChI=1S/C12H21N3OS/c1-3-13-12-11(14-15-17-12)8-16-10-6-4-5-9(2)7-10/h9-10,13H,3-8H2,1-2H3. The molecule has 1 aliphatic rings. The van der Waals surface area contributed by atoms with Crippen LogP contribution in [0.3, 0.4) is 0 Å². The summed E-state index contributed by atoms with van der Waals surface area (Å²) in [6, 6.07) is 0. The van der Waals surface area contributed by atoms with Gasteiger partial charge in [0.2, 0.25) is 0 Å². The van der Waals surface area contributed by atoms with E-state index in [-0.39, 0.29) is 0 Å². The van der Waals surface area contributed by atoms with Crippen LogP contribution in [-0.2, 0) is 11.3 Å². The quantitative estimate of drug-likeness (QED) is 0.878. The molecule has 96 valence electrons. The van der Waals surface area contributed by atoms with E-state index in [4.69, 9.17) is 4.74 Å². The van der Waals surface area contributed by atoms with Crippen LogP contribution in [0.2, 0.25) is 0 Å². The van der Waals surface area contributed by atoms with Gasteiger partial charge in [-0.2, -0.15) is 0 Å². The Bertz CT molecular complexity index is 342. The van der Waals surface area contributed by atoms with Gasteiger partial charge in [-0.1, -0.05) is 24.3 Å². The Labute approximate surface area is 107 Å². The predicted molar refractivity (Wildman–Crippen MR) is 70.3 cm³/mol. The van der Waals surface area contributed by atoms with Gasteiger partial charge >= 0.3 is 0 Å². The molecule has 0 amide bonds. The van der Waals surface area contributed by atoms with Crippen molar-refractivity contribution in [2.24, 2.45) is 5.92 Å². The van der Waals surface area contributed by atoms with Crippen molar-refractivity contribution >= 4 is 16.5 Å². The topological polar surface area (TPSA) is 47.0 Å². The van der Waals surface area contributed by atoms with E-state index in [0.29, 0.717) is 12.7 Å². The summed E-state index contributed by atoms with van der Waals surface area (Å²) in [4.78, 5) is 0. The Morgan fingerprint density at radius 3 is 3.12 bits per heavy atom. The zero-order valence-corrected chi connectivity index (χ0v) is 11.4. The number of hydrogen-bond acceptors (Lipinski definition) is 5. The number of ether oxygens (including phenoxy) is 1. The largest absolute Gasteiger partial charge is 0.374 e. The first kappa shape index (κ1) is 12.8. The first-order chi connectivity index (χ1) is 8.29. The lowest BCUT2D eigenvalue weighted by atomic mass is 9.89. The van der Waals surface area contributed by atoms with Gasteiger partial charge in [-0.15, -0.1) is 5.10 Å². The van der Waals surface area contributed by atoms with Crippen LogP contribution in [0.1, 0.15) is 45.2 Å². The third-order valence-electron chi connectivity index (χ3n) is 3.24. The van der Waals surface area contributed by atoms with Gasteiger partial charge < -0.3 is 10.1 Å². The maximum Gasteiger partial charge on any atom is 0.135 e. The minimum absolute atomic E-state index is 0.412. The van der Waals surface area contributed by atoms with E-state index in [2.05, 4.69) is 28.8 Å². The molecule has 17 heavy (non-hydrogen) atoms. The third kappa shape index (κ3) is 3.64. The van der Waals surface area contributed by atoms with Gasteiger partial charge in [0.1, 0.15) is 10.7 Å². The minimum atomic E-state index is 0.412. The highest BCUT2D eigenvalue weighted by atomic mass is 32.1. The maximum atomic E-state index is 5.95. The highest BCUT2D eigenvalue weighted by Gasteiger charge is 2.20. The minimum Gasteiger partial charge on any atom is -0.374 e. The fourth-order valence-corrected chi connectivity index (χ4v) is 2.96. The van der Waals surface area contributed by atoms with Crippen molar-refractivity contribution in [1.29, 1.82) is 0 Å². The van der Waals surface area contributed by atoms with Crippen LogP contribution in [0.25, 0.3) is 0 Å². The molecule has 0 saturated heterocycles. The molecular formula is C12H21N3OS. The summed E-state index contributed by atoms with van der Waals surface area (Å²) in [5.74, 6) is 0.801. The second-order valence-corrected chi connectivity index (χ2v) is 5.54. The van der Waals surface area contributed by atoms with E-state index < -0.39 is 0 Å². The Morgan fingerprint density at radius 1 is 1.47 bits per heavy atom. The second-order valence-electron chi connectivity index (χ2n) is 4.78. The molecule has 2 unspecified atom stereocenters. The number of nitrogens with one attached hydrogen (secondary N) is 1. The van der Waals surface area contributed by atoms with Crippen LogP contribution in [0.15, 0.2) is 0 Å². The van der Waals surface area contributed by atoms with Gasteiger partial charge in [0.05, 0.1) is 12.7 Å². The fraction of sp³-hybridized carbons (Fsp3) is 0.833. The highest BCUT2D eigenvalue weighted by molar-refractivity contribution is 7.10. The number of anilines is 1. The van der Waals surface area contributed by atoms with E-state index in [1.54, 1.807) is 0 Å². The lowest BCUT2D eigenvalue weighted by molar-refractivity contribution is 0.00344. The maximum absolute atomic E-state index is 5.95. The summed E-state index contributed by atoms with van der Waals surface area (Å²) in [6.45, 7) is 5.88. The van der Waals surface area contributed by atoms with Gasteiger partial charge in [0.25, 0.3) is 0 Å². The van der Waals surface area contributed by atoms with Crippen molar-refractivity contribution in [2.75, 3.05) is 11.9 Å². The smallest absolute Gasteiger partial charge is 0.135 e. The summed E-state index contributed by atoms with van der Waals surface area (Å²) in [5, 5.41) is 8.44. The zero-order chi connectivity index (χ0) is 12.1. The average Bonchev–Trinajstić information content (AvgIpc) is 2.75. The van der Waals surface area contributed by atoms with Crippen molar-refractivity contribution in [3.05, 3.63) is 5.69 Å². The van der Waals surface area contributed by atoms with Crippen LogP contribution in [-0.4, -0.2) is 22.2 Å². The number of rotatable bonds is 5. The first-order valence-electron chi connectivity index (χ1n) is 6.46. The Kier molecular flexibility index (Phi) is 4.74. The van der Waals surface area contributed by atoms with Crippen molar-refractivity contribution < 1.29 is 4.74 Å². The molecule has 4 nitrogen and oxygen atoms in total. The lowest BCUT2D eigenvalue weighted by Gasteiger charge is -2.26. The van der Waals surface area contributed by atoms with E-state index >= 15 is 0 Å². The molecule has 0 spiro atoms. The van der Waals surface area contributed by atoms with Crippen molar-refractivity contribution in [3.63, 3.8) is 0 Å². The summed E-state index contributed by atoms with van der Waals surface area (Å²) in [6.07, 6.45) is 5.43. The van der Waals surface area contributed by atoms with Crippen LogP contribution in [0.4, 0.5) is 5.00 Å². The molecule has 5 heteroatoms. The highest BCUT2D eigenvalue weighted by Crippen LogP contribution is 2.27.